The van der Waals surface area contributed by atoms with Crippen molar-refractivity contribution in [3.63, 3.8) is 0 Å². The highest BCUT2D eigenvalue weighted by molar-refractivity contribution is 5.10. The van der Waals surface area contributed by atoms with E-state index in [-0.39, 0.29) is 0 Å². The van der Waals surface area contributed by atoms with Crippen LogP contribution in [0.25, 0.3) is 0 Å². The van der Waals surface area contributed by atoms with Crippen molar-refractivity contribution >= 4 is 0 Å². The summed E-state index contributed by atoms with van der Waals surface area (Å²) in [5.41, 5.74) is 7.61. The van der Waals surface area contributed by atoms with Gasteiger partial charge in [0.15, 0.2) is 0 Å². The molecule has 0 aliphatic heterocycles. The Morgan fingerprint density at radius 2 is 2.27 bits per heavy atom. The number of ether oxygens (including phenoxy) is 1. The molecule has 1 heterocycles. The lowest BCUT2D eigenvalue weighted by Crippen LogP contribution is -2.13. The Balaban J connectivity index is 2.89. The van der Waals surface area contributed by atoms with Crippen LogP contribution in [0.1, 0.15) is 37.7 Å². The molecule has 1 atom stereocenters. The zero-order valence-corrected chi connectivity index (χ0v) is 9.73. The van der Waals surface area contributed by atoms with Crippen LogP contribution in [0.2, 0.25) is 0 Å². The van der Waals surface area contributed by atoms with E-state index in [9.17, 15) is 0 Å². The summed E-state index contributed by atoms with van der Waals surface area (Å²) in [6, 6.07) is 0.365. The maximum Gasteiger partial charge on any atom is 0.0995 e. The van der Waals surface area contributed by atoms with E-state index in [0.717, 1.165) is 24.2 Å². The fraction of sp³-hybridized carbons (Fsp3) is 0.800. The summed E-state index contributed by atoms with van der Waals surface area (Å²) in [5.74, 6) is 0. The molecule has 0 aliphatic rings. The van der Waals surface area contributed by atoms with Crippen LogP contribution in [-0.4, -0.2) is 28.7 Å². The van der Waals surface area contributed by atoms with Crippen molar-refractivity contribution in [3.05, 3.63) is 11.4 Å². The van der Waals surface area contributed by atoms with Crippen LogP contribution in [0, 0.1) is 0 Å². The second kappa shape index (κ2) is 5.82. The quantitative estimate of drug-likeness (QED) is 0.760. The van der Waals surface area contributed by atoms with Crippen LogP contribution in [-0.2, 0) is 17.7 Å². The Labute approximate surface area is 90.6 Å². The van der Waals surface area contributed by atoms with Crippen LogP contribution < -0.4 is 5.73 Å². The first kappa shape index (κ1) is 12.1. The van der Waals surface area contributed by atoms with Crippen molar-refractivity contribution < 1.29 is 4.74 Å². The number of hydrogen-bond donors (Lipinski definition) is 1. The van der Waals surface area contributed by atoms with Crippen LogP contribution in [0.5, 0.6) is 0 Å². The molecule has 0 amide bonds. The first-order valence-electron chi connectivity index (χ1n) is 5.36. The fourth-order valence-corrected chi connectivity index (χ4v) is 1.49. The van der Waals surface area contributed by atoms with Gasteiger partial charge in [0, 0.05) is 20.1 Å². The number of methoxy groups -OCH3 is 1. The first-order valence-corrected chi connectivity index (χ1v) is 5.36. The van der Waals surface area contributed by atoms with Gasteiger partial charge in [-0.15, -0.1) is 5.10 Å². The third-order valence-electron chi connectivity index (χ3n) is 2.62. The zero-order chi connectivity index (χ0) is 11.3. The maximum absolute atomic E-state index is 5.62. The minimum atomic E-state index is 0.365. The molecule has 0 bridgehead atoms. The number of nitrogens with two attached hydrogens (primary N) is 1. The minimum absolute atomic E-state index is 0.365. The molecule has 5 nitrogen and oxygen atoms in total. The van der Waals surface area contributed by atoms with E-state index in [2.05, 4.69) is 24.2 Å². The third-order valence-corrected chi connectivity index (χ3v) is 2.62. The van der Waals surface area contributed by atoms with Gasteiger partial charge in [-0.05, 0) is 13.3 Å². The van der Waals surface area contributed by atoms with Gasteiger partial charge in [0.1, 0.15) is 0 Å². The summed E-state index contributed by atoms with van der Waals surface area (Å²) in [4.78, 5) is 0. The summed E-state index contributed by atoms with van der Waals surface area (Å²) in [6.07, 6.45) is 1.85. The molecule has 0 fully saturated rings. The average Bonchev–Trinajstić information content (AvgIpc) is 2.67. The largest absolute Gasteiger partial charge is 0.384 e. The van der Waals surface area contributed by atoms with Gasteiger partial charge in [0.25, 0.3) is 0 Å². The molecule has 0 saturated heterocycles. The summed E-state index contributed by atoms with van der Waals surface area (Å²) < 4.78 is 7.03. The molecule has 0 radical (unpaired) electrons. The molecular weight excluding hydrogens is 192 g/mol. The van der Waals surface area contributed by atoms with Crippen molar-refractivity contribution in [2.75, 3.05) is 13.7 Å². The van der Waals surface area contributed by atoms with Crippen molar-refractivity contribution in [2.45, 2.75) is 39.3 Å². The molecule has 1 rings (SSSR count). The Morgan fingerprint density at radius 1 is 1.53 bits per heavy atom. The minimum Gasteiger partial charge on any atom is -0.384 e. The van der Waals surface area contributed by atoms with Crippen LogP contribution >= 0.6 is 0 Å². The van der Waals surface area contributed by atoms with Crippen LogP contribution in [0.3, 0.4) is 0 Å². The van der Waals surface area contributed by atoms with E-state index in [0.29, 0.717) is 19.2 Å². The fourth-order valence-electron chi connectivity index (χ4n) is 1.49. The molecule has 0 saturated carbocycles. The van der Waals surface area contributed by atoms with Gasteiger partial charge in [-0.2, -0.15) is 0 Å². The first-order chi connectivity index (χ1) is 7.24. The highest BCUT2D eigenvalue weighted by atomic mass is 16.5. The highest BCUT2D eigenvalue weighted by Crippen LogP contribution is 2.15. The molecule has 1 unspecified atom stereocenters. The van der Waals surface area contributed by atoms with Crippen LogP contribution in [0.4, 0.5) is 0 Å². The number of hydrogen-bond acceptors (Lipinski definition) is 4. The summed E-state index contributed by atoms with van der Waals surface area (Å²) in [5, 5.41) is 8.23. The predicted molar refractivity (Wildman–Crippen MR) is 58.5 cm³/mol. The van der Waals surface area contributed by atoms with Crippen molar-refractivity contribution in [1.29, 1.82) is 0 Å². The van der Waals surface area contributed by atoms with Crippen molar-refractivity contribution in [1.82, 2.24) is 15.0 Å². The van der Waals surface area contributed by atoms with E-state index in [4.69, 9.17) is 10.5 Å². The average molecular weight is 212 g/mol. The number of rotatable bonds is 6. The molecule has 1 aromatic heterocycles. The molecule has 0 spiro atoms. The summed E-state index contributed by atoms with van der Waals surface area (Å²) in [7, 11) is 1.69. The van der Waals surface area contributed by atoms with Gasteiger partial charge >= 0.3 is 0 Å². The van der Waals surface area contributed by atoms with E-state index in [1.165, 1.54) is 0 Å². The molecule has 86 valence electrons. The van der Waals surface area contributed by atoms with Gasteiger partial charge in [0.2, 0.25) is 0 Å². The summed E-state index contributed by atoms with van der Waals surface area (Å²) >= 11 is 0. The van der Waals surface area contributed by atoms with E-state index >= 15 is 0 Å². The lowest BCUT2D eigenvalue weighted by Gasteiger charge is -2.12. The number of aromatic nitrogens is 3. The molecule has 1 aromatic rings. The Bertz CT molecular complexity index is 298. The molecule has 15 heavy (non-hydrogen) atoms. The van der Waals surface area contributed by atoms with Gasteiger partial charge in [-0.25, -0.2) is 4.68 Å². The lowest BCUT2D eigenvalue weighted by atomic mass is 10.2. The zero-order valence-electron chi connectivity index (χ0n) is 9.73. The third kappa shape index (κ3) is 2.76. The molecule has 2 N–H and O–H groups in total. The second-order valence-electron chi connectivity index (χ2n) is 3.63. The van der Waals surface area contributed by atoms with Crippen molar-refractivity contribution in [2.24, 2.45) is 5.73 Å². The Kier molecular flexibility index (Phi) is 4.71. The molecule has 5 heteroatoms. The smallest absolute Gasteiger partial charge is 0.0995 e. The van der Waals surface area contributed by atoms with Gasteiger partial charge < -0.3 is 10.5 Å². The molecule has 0 aromatic carbocycles. The lowest BCUT2D eigenvalue weighted by molar-refractivity contribution is 0.199. The van der Waals surface area contributed by atoms with Gasteiger partial charge in [-0.3, -0.25) is 0 Å². The van der Waals surface area contributed by atoms with Gasteiger partial charge in [-0.1, -0.05) is 12.1 Å². The van der Waals surface area contributed by atoms with Crippen molar-refractivity contribution in [3.8, 4) is 0 Å². The van der Waals surface area contributed by atoms with Gasteiger partial charge in [0.05, 0.1) is 24.0 Å². The maximum atomic E-state index is 5.62. The monoisotopic (exact) mass is 212 g/mol. The molecular formula is C10H20N4O. The normalized spacial score (nSPS) is 13.1. The molecule has 0 aliphatic carbocycles. The summed E-state index contributed by atoms with van der Waals surface area (Å²) in [6.45, 7) is 5.38. The predicted octanol–water partition coefficient (Wildman–Crippen LogP) is 0.897. The number of nitrogens with zero attached hydrogens (tertiary/aromatic N) is 3. The van der Waals surface area contributed by atoms with Crippen LogP contribution in [0.15, 0.2) is 0 Å². The van der Waals surface area contributed by atoms with E-state index < -0.39 is 0 Å². The SMILES string of the molecule is CCC(C)n1nnc(CN)c1CCOC. The van der Waals surface area contributed by atoms with E-state index in [1.54, 1.807) is 7.11 Å². The Morgan fingerprint density at radius 3 is 2.80 bits per heavy atom. The highest BCUT2D eigenvalue weighted by Gasteiger charge is 2.14. The standard InChI is InChI=1S/C10H20N4O/c1-4-8(2)14-10(5-6-15-3)9(7-11)12-13-14/h8H,4-7,11H2,1-3H3. The topological polar surface area (TPSA) is 66.0 Å². The van der Waals surface area contributed by atoms with E-state index in [1.807, 2.05) is 4.68 Å². The Hall–Kier alpha value is -0.940. The second-order valence-corrected chi connectivity index (χ2v) is 3.63.